The molecule has 0 unspecified atom stereocenters. The summed E-state index contributed by atoms with van der Waals surface area (Å²) in [5.74, 6) is 0.663. The summed E-state index contributed by atoms with van der Waals surface area (Å²) in [6, 6.07) is 2.14. The number of alkyl halides is 1. The van der Waals surface area contributed by atoms with E-state index in [2.05, 4.69) is 21.2 Å². The van der Waals surface area contributed by atoms with Gasteiger partial charge in [-0.25, -0.2) is 0 Å². The van der Waals surface area contributed by atoms with Crippen molar-refractivity contribution in [2.24, 2.45) is 0 Å². The summed E-state index contributed by atoms with van der Waals surface area (Å²) in [6.45, 7) is 0. The van der Waals surface area contributed by atoms with Gasteiger partial charge < -0.3 is 10.1 Å². The van der Waals surface area contributed by atoms with Crippen LogP contribution in [0.25, 0.3) is 0 Å². The zero-order valence-corrected chi connectivity index (χ0v) is 12.1. The molecule has 1 amide bonds. The first kappa shape index (κ1) is 12.9. The molecule has 0 saturated heterocycles. The molecule has 94 valence electrons. The number of ether oxygens (including phenoxy) is 1. The van der Waals surface area contributed by atoms with Gasteiger partial charge in [-0.05, 0) is 37.1 Å². The van der Waals surface area contributed by atoms with Gasteiger partial charge in [0.1, 0.15) is 10.6 Å². The SMILES string of the molecule is COc1ccsc1C(=O)NC1CCC(Br)CC1. The minimum Gasteiger partial charge on any atom is -0.495 e. The van der Waals surface area contributed by atoms with Crippen molar-refractivity contribution in [2.45, 2.75) is 36.6 Å². The van der Waals surface area contributed by atoms with Crippen molar-refractivity contribution in [3.05, 3.63) is 16.3 Å². The van der Waals surface area contributed by atoms with E-state index in [1.165, 1.54) is 11.3 Å². The molecule has 0 aromatic carbocycles. The lowest BCUT2D eigenvalue weighted by molar-refractivity contribution is 0.0929. The van der Waals surface area contributed by atoms with Crippen LogP contribution >= 0.6 is 27.3 Å². The van der Waals surface area contributed by atoms with E-state index in [0.717, 1.165) is 25.7 Å². The first-order chi connectivity index (χ1) is 8.20. The number of hydrogen-bond acceptors (Lipinski definition) is 3. The number of thiophene rings is 1. The smallest absolute Gasteiger partial charge is 0.265 e. The Hall–Kier alpha value is -0.550. The van der Waals surface area contributed by atoms with Gasteiger partial charge in [-0.3, -0.25) is 4.79 Å². The molecule has 1 N–H and O–H groups in total. The van der Waals surface area contributed by atoms with Crippen molar-refractivity contribution in [2.75, 3.05) is 7.11 Å². The van der Waals surface area contributed by atoms with Crippen LogP contribution in [0.1, 0.15) is 35.4 Å². The first-order valence-electron chi connectivity index (χ1n) is 5.77. The predicted octanol–water partition coefficient (Wildman–Crippen LogP) is 3.19. The second kappa shape index (κ2) is 5.87. The Bertz CT molecular complexity index is 386. The molecule has 0 spiro atoms. The van der Waals surface area contributed by atoms with Gasteiger partial charge in [0, 0.05) is 10.9 Å². The summed E-state index contributed by atoms with van der Waals surface area (Å²) in [4.78, 5) is 13.3. The van der Waals surface area contributed by atoms with Crippen LogP contribution in [0, 0.1) is 0 Å². The second-order valence-electron chi connectivity index (χ2n) is 4.24. The molecule has 1 aliphatic rings. The minimum absolute atomic E-state index is 0.00475. The Kier molecular flexibility index (Phi) is 4.45. The molecular formula is C12H16BrNO2S. The average molecular weight is 318 g/mol. The minimum atomic E-state index is -0.00475. The molecule has 0 atom stereocenters. The highest BCUT2D eigenvalue weighted by Gasteiger charge is 2.22. The molecule has 1 aliphatic carbocycles. The highest BCUT2D eigenvalue weighted by Crippen LogP contribution is 2.27. The van der Waals surface area contributed by atoms with Crippen molar-refractivity contribution >= 4 is 33.2 Å². The Morgan fingerprint density at radius 3 is 2.82 bits per heavy atom. The van der Waals surface area contributed by atoms with Gasteiger partial charge in [0.2, 0.25) is 0 Å². The molecule has 0 aliphatic heterocycles. The topological polar surface area (TPSA) is 38.3 Å². The van der Waals surface area contributed by atoms with Crippen molar-refractivity contribution < 1.29 is 9.53 Å². The monoisotopic (exact) mass is 317 g/mol. The molecule has 0 radical (unpaired) electrons. The number of carbonyl (C=O) groups excluding carboxylic acids is 1. The lowest BCUT2D eigenvalue weighted by Gasteiger charge is -2.25. The fraction of sp³-hybridized carbons (Fsp3) is 0.583. The van der Waals surface area contributed by atoms with Crippen LogP contribution < -0.4 is 10.1 Å². The van der Waals surface area contributed by atoms with Crippen LogP contribution in [0.3, 0.4) is 0 Å². The van der Waals surface area contributed by atoms with Gasteiger partial charge >= 0.3 is 0 Å². The van der Waals surface area contributed by atoms with E-state index in [1.54, 1.807) is 7.11 Å². The number of halogens is 1. The number of rotatable bonds is 3. The fourth-order valence-electron chi connectivity index (χ4n) is 2.07. The zero-order valence-electron chi connectivity index (χ0n) is 9.74. The zero-order chi connectivity index (χ0) is 12.3. The second-order valence-corrected chi connectivity index (χ2v) is 6.45. The number of hydrogen-bond donors (Lipinski definition) is 1. The van der Waals surface area contributed by atoms with E-state index in [4.69, 9.17) is 4.74 Å². The molecule has 1 aromatic heterocycles. The molecular weight excluding hydrogens is 302 g/mol. The van der Waals surface area contributed by atoms with Crippen LogP contribution in [0.15, 0.2) is 11.4 Å². The lowest BCUT2D eigenvalue weighted by Crippen LogP contribution is -2.37. The molecule has 17 heavy (non-hydrogen) atoms. The Morgan fingerprint density at radius 1 is 1.47 bits per heavy atom. The Balaban J connectivity index is 1.93. The van der Waals surface area contributed by atoms with Gasteiger partial charge in [-0.2, -0.15) is 0 Å². The normalized spacial score (nSPS) is 24.4. The third-order valence-corrected chi connectivity index (χ3v) is 4.86. The van der Waals surface area contributed by atoms with Gasteiger partial charge in [0.15, 0.2) is 0 Å². The molecule has 1 saturated carbocycles. The number of amides is 1. The largest absolute Gasteiger partial charge is 0.495 e. The van der Waals surface area contributed by atoms with E-state index in [9.17, 15) is 4.79 Å². The van der Waals surface area contributed by atoms with Crippen molar-refractivity contribution in [3.63, 3.8) is 0 Å². The number of methoxy groups -OCH3 is 1. The van der Waals surface area contributed by atoms with Gasteiger partial charge in [0.25, 0.3) is 5.91 Å². The van der Waals surface area contributed by atoms with E-state index in [1.807, 2.05) is 11.4 Å². The number of nitrogens with one attached hydrogen (secondary N) is 1. The standard InChI is InChI=1S/C12H16BrNO2S/c1-16-10-6-7-17-11(10)12(15)14-9-4-2-8(13)3-5-9/h6-9H,2-5H2,1H3,(H,14,15). The average Bonchev–Trinajstić information content (AvgIpc) is 2.80. The maximum Gasteiger partial charge on any atom is 0.265 e. The van der Waals surface area contributed by atoms with Crippen LogP contribution in [0.4, 0.5) is 0 Å². The van der Waals surface area contributed by atoms with Crippen molar-refractivity contribution in [1.82, 2.24) is 5.32 Å². The van der Waals surface area contributed by atoms with Crippen molar-refractivity contribution in [1.29, 1.82) is 0 Å². The van der Waals surface area contributed by atoms with Crippen LogP contribution in [0.2, 0.25) is 0 Å². The predicted molar refractivity (Wildman–Crippen MR) is 73.3 cm³/mol. The summed E-state index contributed by atoms with van der Waals surface area (Å²) in [7, 11) is 1.59. The quantitative estimate of drug-likeness (QED) is 0.869. The fourth-order valence-corrected chi connectivity index (χ4v) is 3.36. The summed E-state index contributed by atoms with van der Waals surface area (Å²) in [6.07, 6.45) is 4.36. The summed E-state index contributed by atoms with van der Waals surface area (Å²) >= 11 is 5.04. The Labute approximate surface area is 114 Å². The summed E-state index contributed by atoms with van der Waals surface area (Å²) in [5, 5.41) is 4.97. The highest BCUT2D eigenvalue weighted by atomic mass is 79.9. The lowest BCUT2D eigenvalue weighted by atomic mass is 9.95. The maximum atomic E-state index is 12.0. The molecule has 1 fully saturated rings. The van der Waals surface area contributed by atoms with Gasteiger partial charge in [-0.15, -0.1) is 11.3 Å². The van der Waals surface area contributed by atoms with Crippen molar-refractivity contribution in [3.8, 4) is 5.75 Å². The summed E-state index contributed by atoms with van der Waals surface area (Å²) in [5.41, 5.74) is 0. The van der Waals surface area contributed by atoms with Crippen LogP contribution in [-0.2, 0) is 0 Å². The van der Waals surface area contributed by atoms with E-state index >= 15 is 0 Å². The Morgan fingerprint density at radius 2 is 2.18 bits per heavy atom. The van der Waals surface area contributed by atoms with E-state index < -0.39 is 0 Å². The van der Waals surface area contributed by atoms with E-state index in [0.29, 0.717) is 21.5 Å². The van der Waals surface area contributed by atoms with Gasteiger partial charge in [-0.1, -0.05) is 15.9 Å². The molecule has 2 rings (SSSR count). The molecule has 0 bridgehead atoms. The molecule has 1 aromatic rings. The highest BCUT2D eigenvalue weighted by molar-refractivity contribution is 9.09. The molecule has 1 heterocycles. The number of carbonyl (C=O) groups is 1. The van der Waals surface area contributed by atoms with Gasteiger partial charge in [0.05, 0.1) is 7.11 Å². The summed E-state index contributed by atoms with van der Waals surface area (Å²) < 4.78 is 5.15. The molecule has 5 heteroatoms. The maximum absolute atomic E-state index is 12.0. The van der Waals surface area contributed by atoms with Crippen LogP contribution in [-0.4, -0.2) is 23.9 Å². The first-order valence-corrected chi connectivity index (χ1v) is 7.56. The van der Waals surface area contributed by atoms with E-state index in [-0.39, 0.29) is 5.91 Å². The molecule has 3 nitrogen and oxygen atoms in total. The third-order valence-electron chi connectivity index (χ3n) is 3.05. The van der Waals surface area contributed by atoms with Crippen LogP contribution in [0.5, 0.6) is 5.75 Å². The third kappa shape index (κ3) is 3.22.